The number of anilines is 1. The third-order valence-electron chi connectivity index (χ3n) is 4.93. The van der Waals surface area contributed by atoms with E-state index in [0.717, 1.165) is 27.9 Å². The molecule has 3 nitrogen and oxygen atoms in total. The molecule has 26 heavy (non-hydrogen) atoms. The van der Waals surface area contributed by atoms with Gasteiger partial charge in [0.25, 0.3) is 0 Å². The van der Waals surface area contributed by atoms with Gasteiger partial charge in [-0.3, -0.25) is 0 Å². The molecule has 2 aromatic carbocycles. The number of fused-ring (bicyclic) bond motifs is 5. The van der Waals surface area contributed by atoms with Crippen LogP contribution in [0.2, 0.25) is 5.02 Å². The summed E-state index contributed by atoms with van der Waals surface area (Å²) in [4.78, 5) is 0. The highest BCUT2D eigenvalue weighted by atomic mass is 35.5. The molecule has 0 saturated carbocycles. The Kier molecular flexibility index (Phi) is 3.81. The third-order valence-corrected chi connectivity index (χ3v) is 5.32. The molecule has 2 aliphatic rings. The second-order valence-electron chi connectivity index (χ2n) is 7.46. The molecule has 0 saturated heterocycles. The van der Waals surface area contributed by atoms with Gasteiger partial charge in [-0.1, -0.05) is 29.8 Å². The summed E-state index contributed by atoms with van der Waals surface area (Å²) in [6, 6.07) is 7.51. The van der Waals surface area contributed by atoms with Crippen LogP contribution in [0.25, 0.3) is 16.7 Å². The van der Waals surface area contributed by atoms with Crippen molar-refractivity contribution in [1.29, 1.82) is 0 Å². The molecular weight excluding hydrogens is 346 g/mol. The largest absolute Gasteiger partial charge is 0.506 e. The Balaban J connectivity index is 2.06. The van der Waals surface area contributed by atoms with E-state index in [1.165, 1.54) is 5.57 Å². The minimum Gasteiger partial charge on any atom is -0.506 e. The van der Waals surface area contributed by atoms with Crippen LogP contribution in [0.4, 0.5) is 5.69 Å². The molecule has 2 aromatic rings. The zero-order valence-electron chi connectivity index (χ0n) is 15.4. The van der Waals surface area contributed by atoms with Gasteiger partial charge in [0.2, 0.25) is 0 Å². The molecule has 0 bridgehead atoms. The monoisotopic (exact) mass is 367 g/mol. The van der Waals surface area contributed by atoms with Gasteiger partial charge >= 0.3 is 0 Å². The predicted octanol–water partition coefficient (Wildman–Crippen LogP) is 6.33. The number of phenols is 1. The Hall–Kier alpha value is -2.39. The summed E-state index contributed by atoms with van der Waals surface area (Å²) in [5, 5.41) is 14.0. The fourth-order valence-corrected chi connectivity index (χ4v) is 4.32. The standard InChI is InChI=1S/C22H22ClNO2/c1-5-6-16-19-13(20-17(26-16)10-9-15(25)21(20)23)7-8-14-18(19)12(2)11-22(3,4)24-14/h5-11,16,24-25H,1-4H3. The van der Waals surface area contributed by atoms with Crippen LogP contribution in [-0.2, 0) is 0 Å². The second-order valence-corrected chi connectivity index (χ2v) is 7.84. The minimum atomic E-state index is -0.204. The highest BCUT2D eigenvalue weighted by molar-refractivity contribution is 6.35. The van der Waals surface area contributed by atoms with E-state index in [1.54, 1.807) is 12.1 Å². The zero-order chi connectivity index (χ0) is 18.6. The SMILES string of the molecule is CC=CC1Oc2ccc(O)c(Cl)c2-c2ccc3c(c21)C(C)=CC(C)(C)N3. The second kappa shape index (κ2) is 5.82. The molecule has 0 aromatic heterocycles. The van der Waals surface area contributed by atoms with Crippen LogP contribution in [-0.4, -0.2) is 10.6 Å². The number of benzene rings is 2. The summed E-state index contributed by atoms with van der Waals surface area (Å²) in [5.41, 5.74) is 6.17. The van der Waals surface area contributed by atoms with E-state index in [4.69, 9.17) is 16.3 Å². The molecule has 2 aliphatic heterocycles. The van der Waals surface area contributed by atoms with Crippen molar-refractivity contribution in [3.05, 3.63) is 58.6 Å². The van der Waals surface area contributed by atoms with Crippen molar-refractivity contribution in [3.8, 4) is 22.6 Å². The molecule has 0 fully saturated rings. The molecule has 4 rings (SSSR count). The molecule has 1 atom stereocenters. The first-order valence-electron chi connectivity index (χ1n) is 8.78. The van der Waals surface area contributed by atoms with Crippen LogP contribution in [0, 0.1) is 0 Å². The van der Waals surface area contributed by atoms with Crippen LogP contribution >= 0.6 is 11.6 Å². The van der Waals surface area contributed by atoms with Crippen LogP contribution in [0.15, 0.2) is 42.5 Å². The number of ether oxygens (including phenoxy) is 1. The van der Waals surface area contributed by atoms with Crippen molar-refractivity contribution in [2.24, 2.45) is 0 Å². The summed E-state index contributed by atoms with van der Waals surface area (Å²) in [6.45, 7) is 8.43. The van der Waals surface area contributed by atoms with E-state index in [0.29, 0.717) is 10.8 Å². The Morgan fingerprint density at radius 1 is 1.19 bits per heavy atom. The predicted molar refractivity (Wildman–Crippen MR) is 108 cm³/mol. The molecular formula is C22H22ClNO2. The Morgan fingerprint density at radius 3 is 2.69 bits per heavy atom. The van der Waals surface area contributed by atoms with Gasteiger partial charge in [0.15, 0.2) is 0 Å². The van der Waals surface area contributed by atoms with Crippen molar-refractivity contribution in [2.45, 2.75) is 39.3 Å². The Morgan fingerprint density at radius 2 is 1.96 bits per heavy atom. The summed E-state index contributed by atoms with van der Waals surface area (Å²) in [6.07, 6.45) is 6.09. The summed E-state index contributed by atoms with van der Waals surface area (Å²) in [5.74, 6) is 0.753. The average molecular weight is 368 g/mol. The molecule has 2 heterocycles. The van der Waals surface area contributed by atoms with E-state index in [9.17, 15) is 5.11 Å². The number of aromatic hydroxyl groups is 1. The lowest BCUT2D eigenvalue weighted by atomic mass is 9.82. The van der Waals surface area contributed by atoms with Crippen LogP contribution in [0.3, 0.4) is 0 Å². The number of phenolic OH excluding ortho intramolecular Hbond substituents is 1. The van der Waals surface area contributed by atoms with Gasteiger partial charge in [-0.2, -0.15) is 0 Å². The van der Waals surface area contributed by atoms with Gasteiger partial charge in [-0.05, 0) is 63.1 Å². The quantitative estimate of drug-likeness (QED) is 0.578. The number of nitrogens with one attached hydrogen (secondary N) is 1. The number of allylic oxidation sites excluding steroid dienone is 2. The van der Waals surface area contributed by atoms with E-state index in [1.807, 2.05) is 13.0 Å². The van der Waals surface area contributed by atoms with Crippen molar-refractivity contribution in [3.63, 3.8) is 0 Å². The molecule has 134 valence electrons. The topological polar surface area (TPSA) is 41.5 Å². The van der Waals surface area contributed by atoms with Gasteiger partial charge < -0.3 is 15.2 Å². The van der Waals surface area contributed by atoms with Crippen LogP contribution in [0.1, 0.15) is 44.9 Å². The lowest BCUT2D eigenvalue weighted by Crippen LogP contribution is -2.32. The highest BCUT2D eigenvalue weighted by Crippen LogP contribution is 2.52. The summed E-state index contributed by atoms with van der Waals surface area (Å²) >= 11 is 6.45. The van der Waals surface area contributed by atoms with E-state index in [2.05, 4.69) is 50.4 Å². The molecule has 0 amide bonds. The summed E-state index contributed by atoms with van der Waals surface area (Å²) < 4.78 is 6.26. The van der Waals surface area contributed by atoms with Gasteiger partial charge in [0.1, 0.15) is 17.6 Å². The molecule has 0 aliphatic carbocycles. The highest BCUT2D eigenvalue weighted by Gasteiger charge is 2.33. The fraction of sp³-hybridized carbons (Fsp3) is 0.273. The zero-order valence-corrected chi connectivity index (χ0v) is 16.1. The number of hydrogen-bond acceptors (Lipinski definition) is 3. The minimum absolute atomic E-state index is 0.0636. The number of halogens is 1. The Labute approximate surface area is 159 Å². The third kappa shape index (κ3) is 2.50. The van der Waals surface area contributed by atoms with Crippen molar-refractivity contribution >= 4 is 22.9 Å². The first-order valence-corrected chi connectivity index (χ1v) is 9.16. The van der Waals surface area contributed by atoms with E-state index in [-0.39, 0.29) is 17.4 Å². The first kappa shape index (κ1) is 17.0. The lowest BCUT2D eigenvalue weighted by molar-refractivity contribution is 0.251. The smallest absolute Gasteiger partial charge is 0.143 e. The molecule has 4 heteroatoms. The molecule has 2 N–H and O–H groups in total. The van der Waals surface area contributed by atoms with Crippen LogP contribution in [0.5, 0.6) is 11.5 Å². The molecule has 0 spiro atoms. The van der Waals surface area contributed by atoms with Crippen LogP contribution < -0.4 is 10.1 Å². The van der Waals surface area contributed by atoms with Gasteiger partial charge in [0.05, 0.1) is 10.6 Å². The maximum absolute atomic E-state index is 10.1. The average Bonchev–Trinajstić information content (AvgIpc) is 2.56. The van der Waals surface area contributed by atoms with Gasteiger partial charge in [-0.25, -0.2) is 0 Å². The Bertz CT molecular complexity index is 973. The number of rotatable bonds is 1. The lowest BCUT2D eigenvalue weighted by Gasteiger charge is -2.36. The normalized spacial score (nSPS) is 19.7. The summed E-state index contributed by atoms with van der Waals surface area (Å²) in [7, 11) is 0. The first-order chi connectivity index (χ1) is 12.3. The maximum atomic E-state index is 10.1. The molecule has 1 unspecified atom stereocenters. The molecule has 0 radical (unpaired) electrons. The van der Waals surface area contributed by atoms with Crippen molar-refractivity contribution in [2.75, 3.05) is 5.32 Å². The number of hydrogen-bond donors (Lipinski definition) is 2. The van der Waals surface area contributed by atoms with Gasteiger partial charge in [0, 0.05) is 22.4 Å². The fourth-order valence-electron chi connectivity index (χ4n) is 4.06. The van der Waals surface area contributed by atoms with Crippen molar-refractivity contribution in [1.82, 2.24) is 0 Å². The maximum Gasteiger partial charge on any atom is 0.143 e. The van der Waals surface area contributed by atoms with E-state index < -0.39 is 0 Å². The van der Waals surface area contributed by atoms with E-state index >= 15 is 0 Å². The van der Waals surface area contributed by atoms with Gasteiger partial charge in [-0.15, -0.1) is 0 Å². The van der Waals surface area contributed by atoms with Crippen molar-refractivity contribution < 1.29 is 9.84 Å².